The second kappa shape index (κ2) is 10.1. The summed E-state index contributed by atoms with van der Waals surface area (Å²) in [5.41, 5.74) is 0.0774. The van der Waals surface area contributed by atoms with Crippen LogP contribution in [0.5, 0.6) is 0 Å². The first-order valence-corrected chi connectivity index (χ1v) is 13.1. The van der Waals surface area contributed by atoms with Crippen molar-refractivity contribution in [2.45, 2.75) is 77.9 Å². The van der Waals surface area contributed by atoms with Crippen LogP contribution in [0.3, 0.4) is 0 Å². The van der Waals surface area contributed by atoms with Crippen LogP contribution >= 0.6 is 0 Å². The fourth-order valence-corrected chi connectivity index (χ4v) is 6.88. The maximum absolute atomic E-state index is 12.8. The zero-order valence-corrected chi connectivity index (χ0v) is 21.0. The van der Waals surface area contributed by atoms with Crippen molar-refractivity contribution < 1.29 is 19.4 Å². The summed E-state index contributed by atoms with van der Waals surface area (Å²) in [5.74, 6) is 1.34. The number of aliphatic hydroxyl groups is 1. The number of carbonyl (C=O) groups excluding carboxylic acids is 2. The Labute approximate surface area is 199 Å². The molecule has 0 bridgehead atoms. The first kappa shape index (κ1) is 24.7. The molecule has 1 heterocycles. The molecule has 33 heavy (non-hydrogen) atoms. The number of carbonyl (C=O) groups is 2. The lowest BCUT2D eigenvalue weighted by molar-refractivity contribution is -0.148. The minimum absolute atomic E-state index is 0.0493. The summed E-state index contributed by atoms with van der Waals surface area (Å²) in [5, 5.41) is 11.7. The highest BCUT2D eigenvalue weighted by Gasteiger charge is 2.53. The molecule has 1 radical (unpaired) electrons. The van der Waals surface area contributed by atoms with Crippen molar-refractivity contribution >= 4 is 11.9 Å². The molecule has 0 aromatic carbocycles. The first-order chi connectivity index (χ1) is 15.7. The fraction of sp³-hybridized carbons (Fsp3) is 0.815. The number of esters is 1. The fourth-order valence-electron chi connectivity index (χ4n) is 6.88. The van der Waals surface area contributed by atoms with Crippen LogP contribution in [0.4, 0.5) is 0 Å². The van der Waals surface area contributed by atoms with E-state index in [-0.39, 0.29) is 23.7 Å². The van der Waals surface area contributed by atoms with Gasteiger partial charge in [-0.2, -0.15) is 0 Å². The molecule has 1 unspecified atom stereocenters. The van der Waals surface area contributed by atoms with E-state index in [1.807, 2.05) is 13.3 Å². The summed E-state index contributed by atoms with van der Waals surface area (Å²) in [6, 6.07) is 0. The average Bonchev–Trinajstić information content (AvgIpc) is 3.31. The van der Waals surface area contributed by atoms with Crippen LogP contribution in [-0.2, 0) is 14.3 Å². The minimum atomic E-state index is -0.941. The van der Waals surface area contributed by atoms with Crippen LogP contribution < -0.4 is 0 Å². The van der Waals surface area contributed by atoms with E-state index in [4.69, 9.17) is 4.74 Å². The van der Waals surface area contributed by atoms with E-state index < -0.39 is 11.7 Å². The highest BCUT2D eigenvalue weighted by molar-refractivity contribution is 5.79. The Bertz CT molecular complexity index is 753. The van der Waals surface area contributed by atoms with E-state index in [9.17, 15) is 14.7 Å². The minimum Gasteiger partial charge on any atom is -0.458 e. The summed E-state index contributed by atoms with van der Waals surface area (Å²) < 4.78 is 5.49. The Balaban J connectivity index is 1.37. The average molecular weight is 460 g/mol. The van der Waals surface area contributed by atoms with Gasteiger partial charge in [-0.3, -0.25) is 14.5 Å². The van der Waals surface area contributed by atoms with Gasteiger partial charge in [-0.15, -0.1) is 0 Å². The molecule has 6 atom stereocenters. The molecule has 3 aliphatic carbocycles. The van der Waals surface area contributed by atoms with Crippen LogP contribution in [0.2, 0.25) is 0 Å². The lowest BCUT2D eigenvalue weighted by Crippen LogP contribution is -2.57. The number of ether oxygens (including phenoxy) is 1. The monoisotopic (exact) mass is 459 g/mol. The molecular weight excluding hydrogens is 416 g/mol. The smallest absolute Gasteiger partial charge is 0.303 e. The molecule has 0 aromatic rings. The van der Waals surface area contributed by atoms with Crippen molar-refractivity contribution in [3.8, 4) is 0 Å². The Morgan fingerprint density at radius 1 is 1.15 bits per heavy atom. The van der Waals surface area contributed by atoms with Gasteiger partial charge in [0.05, 0.1) is 5.60 Å². The number of fused-ring (bicyclic) bond motifs is 1. The van der Waals surface area contributed by atoms with Crippen molar-refractivity contribution in [2.24, 2.45) is 29.6 Å². The van der Waals surface area contributed by atoms with Gasteiger partial charge in [0.1, 0.15) is 6.10 Å². The van der Waals surface area contributed by atoms with Crippen molar-refractivity contribution in [1.82, 2.24) is 9.80 Å². The third-order valence-corrected chi connectivity index (χ3v) is 8.99. The van der Waals surface area contributed by atoms with E-state index in [1.165, 1.54) is 19.8 Å². The molecule has 1 N–H and O–H groups in total. The highest BCUT2D eigenvalue weighted by Crippen LogP contribution is 2.50. The van der Waals surface area contributed by atoms with Crippen molar-refractivity contribution in [3.63, 3.8) is 0 Å². The lowest BCUT2D eigenvalue weighted by Gasteiger charge is -2.53. The van der Waals surface area contributed by atoms with E-state index in [1.54, 1.807) is 0 Å². The molecule has 6 heteroatoms. The summed E-state index contributed by atoms with van der Waals surface area (Å²) in [6.45, 7) is 12.4. The third kappa shape index (κ3) is 5.17. The van der Waals surface area contributed by atoms with Crippen LogP contribution in [-0.4, -0.2) is 71.2 Å². The molecule has 1 saturated heterocycles. The zero-order chi connectivity index (χ0) is 23.8. The Hall–Kier alpha value is -1.40. The Kier molecular flexibility index (Phi) is 7.54. The molecule has 2 saturated carbocycles. The van der Waals surface area contributed by atoms with Gasteiger partial charge in [-0.25, -0.2) is 0 Å². The summed E-state index contributed by atoms with van der Waals surface area (Å²) in [6.07, 6.45) is 10.3. The van der Waals surface area contributed by atoms with Gasteiger partial charge < -0.3 is 14.7 Å². The van der Waals surface area contributed by atoms with Crippen molar-refractivity contribution in [1.29, 1.82) is 0 Å². The Morgan fingerprint density at radius 3 is 2.45 bits per heavy atom. The van der Waals surface area contributed by atoms with Gasteiger partial charge in [0.2, 0.25) is 5.91 Å². The third-order valence-electron chi connectivity index (χ3n) is 8.99. The van der Waals surface area contributed by atoms with Crippen LogP contribution in [0.15, 0.2) is 11.6 Å². The van der Waals surface area contributed by atoms with Crippen molar-refractivity contribution in [3.05, 3.63) is 18.1 Å². The second-order valence-electron chi connectivity index (χ2n) is 11.2. The zero-order valence-electron chi connectivity index (χ0n) is 21.0. The maximum atomic E-state index is 12.8. The molecular formula is C27H43N2O4. The quantitative estimate of drug-likeness (QED) is 0.504. The first-order valence-electron chi connectivity index (χ1n) is 13.1. The molecule has 0 spiro atoms. The summed E-state index contributed by atoms with van der Waals surface area (Å²) in [4.78, 5) is 28.9. The lowest BCUT2D eigenvalue weighted by atomic mass is 9.57. The van der Waals surface area contributed by atoms with Crippen LogP contribution in [0.1, 0.15) is 66.2 Å². The number of hydrogen-bond donors (Lipinski definition) is 1. The number of nitrogens with zero attached hydrogens (tertiary/aromatic N) is 2. The predicted octanol–water partition coefficient (Wildman–Crippen LogP) is 3.45. The summed E-state index contributed by atoms with van der Waals surface area (Å²) in [7, 11) is 0. The topological polar surface area (TPSA) is 70.1 Å². The number of piperazine rings is 1. The highest BCUT2D eigenvalue weighted by atomic mass is 16.5. The largest absolute Gasteiger partial charge is 0.458 e. The normalized spacial score (nSPS) is 36.8. The Morgan fingerprint density at radius 2 is 1.82 bits per heavy atom. The molecule has 0 aromatic heterocycles. The predicted molar refractivity (Wildman–Crippen MR) is 128 cm³/mol. The van der Waals surface area contributed by atoms with E-state index in [0.29, 0.717) is 17.7 Å². The van der Waals surface area contributed by atoms with Gasteiger partial charge in [0.25, 0.3) is 0 Å². The van der Waals surface area contributed by atoms with Gasteiger partial charge in [0.15, 0.2) is 0 Å². The van der Waals surface area contributed by atoms with Gasteiger partial charge in [-0.05, 0) is 55.9 Å². The molecule has 6 nitrogen and oxygen atoms in total. The summed E-state index contributed by atoms with van der Waals surface area (Å²) >= 11 is 0. The van der Waals surface area contributed by atoms with E-state index in [0.717, 1.165) is 64.0 Å². The molecule has 1 amide bonds. The van der Waals surface area contributed by atoms with E-state index >= 15 is 0 Å². The molecule has 3 fully saturated rings. The molecule has 4 rings (SSSR count). The van der Waals surface area contributed by atoms with Crippen LogP contribution in [0, 0.1) is 36.0 Å². The SMILES string of the molecule is CC(=O)O[C@@H]1[CH][C@@]2(O)[C@H](C)CC[C@@H](C(C)CN3CCN(C(=O)C4CCCC4)CC3)[C@H]2C=C1C. The molecule has 4 aliphatic rings. The standard InChI is InChI=1S/C27H43N2O4/c1-18-15-24-23(10-9-20(3)27(24,32)16-25(18)33-21(4)30)19(2)17-28-11-13-29(14-12-28)26(31)22-7-5-6-8-22/h15-16,19-20,22-25,32H,5-14,17H2,1-4H3/t19?,20-,23+,24-,25-,27-/m1/s1. The van der Waals surface area contributed by atoms with Gasteiger partial charge in [0, 0.05) is 57.9 Å². The number of hydrogen-bond acceptors (Lipinski definition) is 5. The number of amides is 1. The maximum Gasteiger partial charge on any atom is 0.303 e. The van der Waals surface area contributed by atoms with Crippen LogP contribution in [0.25, 0.3) is 0 Å². The molecule has 185 valence electrons. The van der Waals surface area contributed by atoms with Gasteiger partial charge in [-0.1, -0.05) is 32.8 Å². The van der Waals surface area contributed by atoms with Gasteiger partial charge >= 0.3 is 5.97 Å². The molecule has 1 aliphatic heterocycles. The van der Waals surface area contributed by atoms with E-state index in [2.05, 4.69) is 29.7 Å². The number of rotatable bonds is 5. The second-order valence-corrected chi connectivity index (χ2v) is 11.2. The van der Waals surface area contributed by atoms with Crippen molar-refractivity contribution in [2.75, 3.05) is 32.7 Å².